The predicted molar refractivity (Wildman–Crippen MR) is 71.3 cm³/mol. The molecule has 0 unspecified atom stereocenters. The predicted octanol–water partition coefficient (Wildman–Crippen LogP) is 2.46. The number of ether oxygens (including phenoxy) is 3. The summed E-state index contributed by atoms with van der Waals surface area (Å²) in [6, 6.07) is 1.89. The maximum absolute atomic E-state index is 9.27. The van der Waals surface area contributed by atoms with E-state index in [0.717, 1.165) is 27.1 Å². The monoisotopic (exact) mass is 316 g/mol. The molecule has 1 aromatic carbocycles. The highest BCUT2D eigenvalue weighted by atomic mass is 79.9. The molecule has 0 spiro atoms. The Hall–Kier alpha value is -0.780. The van der Waals surface area contributed by atoms with Gasteiger partial charge in [0.15, 0.2) is 0 Å². The molecule has 1 aromatic rings. The van der Waals surface area contributed by atoms with E-state index in [1.54, 1.807) is 14.2 Å². The summed E-state index contributed by atoms with van der Waals surface area (Å²) in [4.78, 5) is 0. The highest BCUT2D eigenvalue weighted by Gasteiger charge is 2.31. The molecular formula is C13H17BrO4. The van der Waals surface area contributed by atoms with E-state index >= 15 is 0 Å². The first-order valence-electron chi connectivity index (χ1n) is 5.81. The van der Waals surface area contributed by atoms with Crippen molar-refractivity contribution in [3.05, 3.63) is 21.7 Å². The van der Waals surface area contributed by atoms with Crippen LogP contribution in [0.2, 0.25) is 0 Å². The molecule has 0 fully saturated rings. The summed E-state index contributed by atoms with van der Waals surface area (Å²) in [5, 5.41) is 9.27. The van der Waals surface area contributed by atoms with Gasteiger partial charge in [-0.15, -0.1) is 0 Å². The molecule has 0 saturated carbocycles. The fourth-order valence-corrected chi connectivity index (χ4v) is 3.02. The van der Waals surface area contributed by atoms with Gasteiger partial charge in [0.2, 0.25) is 0 Å². The quantitative estimate of drug-likeness (QED) is 0.930. The van der Waals surface area contributed by atoms with Crippen molar-refractivity contribution in [2.75, 3.05) is 20.8 Å². The van der Waals surface area contributed by atoms with Crippen LogP contribution in [0.4, 0.5) is 0 Å². The van der Waals surface area contributed by atoms with Gasteiger partial charge in [-0.1, -0.05) is 0 Å². The number of hydrogen-bond acceptors (Lipinski definition) is 4. The summed E-state index contributed by atoms with van der Waals surface area (Å²) in [5.41, 5.74) is 2.05. The van der Waals surface area contributed by atoms with Crippen LogP contribution in [0.25, 0.3) is 0 Å². The molecule has 100 valence electrons. The number of fused-ring (bicyclic) bond motifs is 1. The van der Waals surface area contributed by atoms with E-state index in [0.29, 0.717) is 6.42 Å². The van der Waals surface area contributed by atoms with E-state index < -0.39 is 0 Å². The third-order valence-electron chi connectivity index (χ3n) is 3.20. The van der Waals surface area contributed by atoms with Gasteiger partial charge < -0.3 is 19.3 Å². The first kappa shape index (κ1) is 13.6. The number of rotatable bonds is 3. The Morgan fingerprint density at radius 2 is 2.17 bits per heavy atom. The molecule has 5 heteroatoms. The smallest absolute Gasteiger partial charge is 0.139 e. The van der Waals surface area contributed by atoms with Gasteiger partial charge in [0.1, 0.15) is 11.5 Å². The summed E-state index contributed by atoms with van der Waals surface area (Å²) in [6.45, 7) is 1.96. The summed E-state index contributed by atoms with van der Waals surface area (Å²) >= 11 is 3.48. The van der Waals surface area contributed by atoms with Crippen LogP contribution >= 0.6 is 15.9 Å². The lowest BCUT2D eigenvalue weighted by molar-refractivity contribution is -0.0440. The van der Waals surface area contributed by atoms with E-state index in [2.05, 4.69) is 15.9 Å². The van der Waals surface area contributed by atoms with Crippen LogP contribution in [0.3, 0.4) is 0 Å². The van der Waals surface area contributed by atoms with Gasteiger partial charge in [-0.25, -0.2) is 0 Å². The van der Waals surface area contributed by atoms with E-state index in [-0.39, 0.29) is 18.8 Å². The Morgan fingerprint density at radius 3 is 2.72 bits per heavy atom. The number of methoxy groups -OCH3 is 2. The van der Waals surface area contributed by atoms with Gasteiger partial charge in [0, 0.05) is 17.5 Å². The summed E-state index contributed by atoms with van der Waals surface area (Å²) in [6.07, 6.45) is 0.308. The first-order chi connectivity index (χ1) is 8.62. The van der Waals surface area contributed by atoms with Crippen LogP contribution < -0.4 is 9.47 Å². The van der Waals surface area contributed by atoms with Gasteiger partial charge in [-0.3, -0.25) is 0 Å². The van der Waals surface area contributed by atoms with Crippen molar-refractivity contribution >= 4 is 15.9 Å². The number of aliphatic hydroxyl groups is 1. The molecule has 4 nitrogen and oxygen atoms in total. The van der Waals surface area contributed by atoms with Crippen LogP contribution in [0, 0.1) is 0 Å². The molecule has 2 atom stereocenters. The Labute approximate surface area is 115 Å². The average molecular weight is 317 g/mol. The van der Waals surface area contributed by atoms with Crippen LogP contribution in [0.5, 0.6) is 11.5 Å². The first-order valence-corrected chi connectivity index (χ1v) is 6.61. The fourth-order valence-electron chi connectivity index (χ4n) is 2.44. The maximum Gasteiger partial charge on any atom is 0.139 e. The van der Waals surface area contributed by atoms with Gasteiger partial charge in [0.25, 0.3) is 0 Å². The molecule has 0 radical (unpaired) electrons. The number of aliphatic hydroxyl groups excluding tert-OH is 1. The zero-order valence-corrected chi connectivity index (χ0v) is 12.3. The topological polar surface area (TPSA) is 47.9 Å². The minimum absolute atomic E-state index is 0.00527. The molecule has 1 heterocycles. The second kappa shape index (κ2) is 5.47. The molecule has 0 aromatic heterocycles. The van der Waals surface area contributed by atoms with E-state index in [9.17, 15) is 5.11 Å². The molecule has 1 aliphatic rings. The highest BCUT2D eigenvalue weighted by Crippen LogP contribution is 2.45. The van der Waals surface area contributed by atoms with Crippen molar-refractivity contribution in [3.8, 4) is 11.5 Å². The third-order valence-corrected chi connectivity index (χ3v) is 3.79. The number of halogens is 1. The molecule has 1 aliphatic heterocycles. The minimum Gasteiger partial charge on any atom is -0.496 e. The van der Waals surface area contributed by atoms with Crippen LogP contribution in [0.1, 0.15) is 24.2 Å². The SMILES string of the molecule is COc1cc(Br)c(OC)c2c1C[C@H](CO)O[C@H]2C. The fraction of sp³-hybridized carbons (Fsp3) is 0.538. The molecule has 0 amide bonds. The Bertz CT molecular complexity index is 447. The van der Waals surface area contributed by atoms with E-state index in [1.807, 2.05) is 13.0 Å². The molecule has 0 aliphatic carbocycles. The Kier molecular flexibility index (Phi) is 4.14. The molecule has 2 rings (SSSR count). The number of hydrogen-bond donors (Lipinski definition) is 1. The van der Waals surface area contributed by atoms with E-state index in [1.165, 1.54) is 0 Å². The zero-order valence-electron chi connectivity index (χ0n) is 10.7. The van der Waals surface area contributed by atoms with Crippen molar-refractivity contribution in [3.63, 3.8) is 0 Å². The largest absolute Gasteiger partial charge is 0.496 e. The van der Waals surface area contributed by atoms with Crippen molar-refractivity contribution in [1.29, 1.82) is 0 Å². The van der Waals surface area contributed by atoms with E-state index in [4.69, 9.17) is 14.2 Å². The maximum atomic E-state index is 9.27. The molecule has 0 bridgehead atoms. The van der Waals surface area contributed by atoms with Crippen LogP contribution in [-0.4, -0.2) is 32.0 Å². The Balaban J connectivity index is 2.59. The lowest BCUT2D eigenvalue weighted by atomic mass is 9.93. The average Bonchev–Trinajstić information content (AvgIpc) is 2.38. The molecular weight excluding hydrogens is 300 g/mol. The van der Waals surface area contributed by atoms with Gasteiger partial charge in [-0.05, 0) is 28.9 Å². The van der Waals surface area contributed by atoms with Gasteiger partial charge in [0.05, 0.1) is 37.5 Å². The van der Waals surface area contributed by atoms with Gasteiger partial charge >= 0.3 is 0 Å². The standard InChI is InChI=1S/C13H17BrO4/c1-7-12-9(4-8(6-15)18-7)11(16-2)5-10(14)13(12)17-3/h5,7-8,15H,4,6H2,1-3H3/t7-,8+/m0/s1. The highest BCUT2D eigenvalue weighted by molar-refractivity contribution is 9.10. The second-order valence-electron chi connectivity index (χ2n) is 4.27. The molecule has 1 N–H and O–H groups in total. The van der Waals surface area contributed by atoms with Crippen molar-refractivity contribution in [1.82, 2.24) is 0 Å². The molecule has 18 heavy (non-hydrogen) atoms. The second-order valence-corrected chi connectivity index (χ2v) is 5.13. The Morgan fingerprint density at radius 1 is 1.44 bits per heavy atom. The van der Waals surface area contributed by atoms with Crippen molar-refractivity contribution in [2.45, 2.75) is 25.6 Å². The van der Waals surface area contributed by atoms with Crippen molar-refractivity contribution in [2.24, 2.45) is 0 Å². The molecule has 0 saturated heterocycles. The zero-order chi connectivity index (χ0) is 13.3. The van der Waals surface area contributed by atoms with Crippen molar-refractivity contribution < 1.29 is 19.3 Å². The summed E-state index contributed by atoms with van der Waals surface area (Å²) < 4.78 is 17.4. The summed E-state index contributed by atoms with van der Waals surface area (Å²) in [5.74, 6) is 1.57. The lowest BCUT2D eigenvalue weighted by Crippen LogP contribution is -2.28. The lowest BCUT2D eigenvalue weighted by Gasteiger charge is -2.32. The van der Waals surface area contributed by atoms with Crippen LogP contribution in [-0.2, 0) is 11.2 Å². The third kappa shape index (κ3) is 2.22. The van der Waals surface area contributed by atoms with Gasteiger partial charge in [-0.2, -0.15) is 0 Å². The number of benzene rings is 1. The van der Waals surface area contributed by atoms with Crippen LogP contribution in [0.15, 0.2) is 10.5 Å². The minimum atomic E-state index is -0.188. The summed E-state index contributed by atoms with van der Waals surface area (Å²) in [7, 11) is 3.28. The normalized spacial score (nSPS) is 22.5.